The highest BCUT2D eigenvalue weighted by atomic mass is 16.5. The number of para-hydroxylation sites is 1. The van der Waals surface area contributed by atoms with Crippen LogP contribution in [0.5, 0.6) is 0 Å². The predicted molar refractivity (Wildman–Crippen MR) is 272 cm³/mol. The lowest BCUT2D eigenvalue weighted by molar-refractivity contribution is -0.146. The number of carboxylic acids is 2. The van der Waals surface area contributed by atoms with Crippen molar-refractivity contribution in [3.63, 3.8) is 0 Å². The van der Waals surface area contributed by atoms with Gasteiger partial charge >= 0.3 is 11.9 Å². The number of aliphatic carboxylic acids is 2. The van der Waals surface area contributed by atoms with Gasteiger partial charge in [-0.05, 0) is 49.8 Å². The van der Waals surface area contributed by atoms with E-state index in [1.807, 2.05) is 50.3 Å². The second-order valence-electron chi connectivity index (χ2n) is 18.9. The lowest BCUT2D eigenvalue weighted by Gasteiger charge is -2.29. The summed E-state index contributed by atoms with van der Waals surface area (Å²) in [6.07, 6.45) is 6.18. The Balaban J connectivity index is 1.74. The molecule has 10 atom stereocenters. The van der Waals surface area contributed by atoms with Gasteiger partial charge in [0.15, 0.2) is 0 Å². The molecule has 4 rings (SSSR count). The molecule has 1 aliphatic heterocycles. The Morgan fingerprint density at radius 2 is 1.44 bits per heavy atom. The number of nitrogens with zero attached hydrogens (tertiary/aromatic N) is 1. The molecule has 1 saturated heterocycles. The van der Waals surface area contributed by atoms with E-state index in [9.17, 15) is 53.4 Å². The number of H-pyrrole nitrogens is 1. The molecule has 394 valence electrons. The van der Waals surface area contributed by atoms with Gasteiger partial charge in [-0.25, -0.2) is 9.59 Å². The van der Waals surface area contributed by atoms with Crippen LogP contribution in [0.1, 0.15) is 72.4 Å². The summed E-state index contributed by atoms with van der Waals surface area (Å²) < 4.78 is 5.82. The normalized spacial score (nSPS) is 25.1. The summed E-state index contributed by atoms with van der Waals surface area (Å²) in [7, 11) is 2.84. The summed E-state index contributed by atoms with van der Waals surface area (Å²) in [4.78, 5) is 126. The number of fused-ring (bicyclic) bond motifs is 1. The lowest BCUT2D eigenvalue weighted by Crippen LogP contribution is -2.59. The third-order valence-corrected chi connectivity index (χ3v) is 13.0. The highest BCUT2D eigenvalue weighted by Crippen LogP contribution is 2.21. The van der Waals surface area contributed by atoms with E-state index in [2.05, 4.69) is 43.5 Å². The minimum atomic E-state index is -1.89. The van der Waals surface area contributed by atoms with Crippen molar-refractivity contribution in [3.05, 3.63) is 108 Å². The van der Waals surface area contributed by atoms with Crippen LogP contribution < -0.4 is 31.9 Å². The quantitative estimate of drug-likeness (QED) is 0.0936. The molecule has 0 aliphatic carbocycles. The molecule has 0 radical (unpaired) electrons. The van der Waals surface area contributed by atoms with E-state index in [1.54, 1.807) is 63.6 Å². The molecule has 0 bridgehead atoms. The number of carboxylic acid groups (broad SMARTS) is 2. The summed E-state index contributed by atoms with van der Waals surface area (Å²) in [5.74, 6) is -12.6. The molecule has 2 aromatic carbocycles. The number of amides is 7. The topological polar surface area (TPSA) is 295 Å². The molecule has 20 heteroatoms. The first-order chi connectivity index (χ1) is 34.4. The van der Waals surface area contributed by atoms with Crippen LogP contribution in [-0.2, 0) is 60.7 Å². The number of carbonyl (C=O) groups is 9. The fourth-order valence-corrected chi connectivity index (χ4v) is 8.22. The largest absolute Gasteiger partial charge is 0.480 e. The Hall–Kier alpha value is -7.61. The van der Waals surface area contributed by atoms with Gasteiger partial charge in [-0.2, -0.15) is 0 Å². The van der Waals surface area contributed by atoms with Crippen molar-refractivity contribution in [1.29, 1.82) is 0 Å². The number of aromatic nitrogens is 1. The Morgan fingerprint density at radius 1 is 0.795 bits per heavy atom. The minimum Gasteiger partial charge on any atom is -0.480 e. The molecule has 2 heterocycles. The van der Waals surface area contributed by atoms with Gasteiger partial charge in [0.25, 0.3) is 5.91 Å². The first-order valence-electron chi connectivity index (χ1n) is 24.2. The molecule has 1 aliphatic rings. The predicted octanol–water partition coefficient (Wildman–Crippen LogP) is 2.90. The number of ether oxygens (including phenoxy) is 1. The number of aromatic amines is 1. The van der Waals surface area contributed by atoms with Crippen molar-refractivity contribution in [2.45, 2.75) is 117 Å². The summed E-state index contributed by atoms with van der Waals surface area (Å²) in [6, 6.07) is 8.15. The molecule has 1 aromatic heterocycles. The maximum atomic E-state index is 14.3. The highest BCUT2D eigenvalue weighted by Gasteiger charge is 2.38. The molecule has 73 heavy (non-hydrogen) atoms. The molecule has 3 aromatic rings. The molecule has 1 fully saturated rings. The Bertz CT molecular complexity index is 2570. The van der Waals surface area contributed by atoms with E-state index in [4.69, 9.17) is 4.74 Å². The van der Waals surface area contributed by atoms with Crippen LogP contribution in [0.3, 0.4) is 0 Å². The van der Waals surface area contributed by atoms with Crippen molar-refractivity contribution in [2.24, 2.45) is 23.7 Å². The molecular formula is C53H70N8O12. The zero-order chi connectivity index (χ0) is 54.3. The zero-order valence-electron chi connectivity index (χ0n) is 42.8. The average molecular weight is 1010 g/mol. The third-order valence-electron chi connectivity index (χ3n) is 13.0. The van der Waals surface area contributed by atoms with Gasteiger partial charge in [0, 0.05) is 50.0 Å². The van der Waals surface area contributed by atoms with E-state index in [-0.39, 0.29) is 18.4 Å². The highest BCUT2D eigenvalue weighted by molar-refractivity contribution is 6.00. The number of hydrogen-bond acceptors (Lipinski definition) is 10. The number of hydrogen-bond donors (Lipinski definition) is 9. The van der Waals surface area contributed by atoms with Gasteiger partial charge < -0.3 is 56.7 Å². The van der Waals surface area contributed by atoms with Crippen molar-refractivity contribution in [1.82, 2.24) is 41.8 Å². The lowest BCUT2D eigenvalue weighted by atomic mass is 9.94. The summed E-state index contributed by atoms with van der Waals surface area (Å²) in [5, 5.41) is 36.6. The monoisotopic (exact) mass is 1010 g/mol. The van der Waals surface area contributed by atoms with Crippen molar-refractivity contribution in [3.8, 4) is 0 Å². The first-order valence-corrected chi connectivity index (χ1v) is 24.2. The van der Waals surface area contributed by atoms with Gasteiger partial charge in [0.05, 0.1) is 24.0 Å². The van der Waals surface area contributed by atoms with Crippen LogP contribution in [0.25, 0.3) is 10.9 Å². The van der Waals surface area contributed by atoms with Crippen molar-refractivity contribution >= 4 is 64.2 Å². The number of nitrogens with one attached hydrogen (secondary N) is 7. The Kier molecular flexibility index (Phi) is 21.2. The maximum absolute atomic E-state index is 14.3. The van der Waals surface area contributed by atoms with Gasteiger partial charge in [-0.15, -0.1) is 0 Å². The van der Waals surface area contributed by atoms with Crippen LogP contribution in [0.4, 0.5) is 0 Å². The number of benzene rings is 2. The van der Waals surface area contributed by atoms with Crippen LogP contribution in [0, 0.1) is 23.7 Å². The number of rotatable bonds is 12. The fourth-order valence-electron chi connectivity index (χ4n) is 8.22. The van der Waals surface area contributed by atoms with E-state index in [0.29, 0.717) is 22.9 Å². The van der Waals surface area contributed by atoms with Crippen molar-refractivity contribution < 1.29 is 58.1 Å². The van der Waals surface area contributed by atoms with Gasteiger partial charge in [0.2, 0.25) is 35.4 Å². The maximum Gasteiger partial charge on any atom is 0.327 e. The minimum absolute atomic E-state index is 0.102. The third kappa shape index (κ3) is 16.2. The van der Waals surface area contributed by atoms with Gasteiger partial charge in [-0.1, -0.05) is 114 Å². The fraction of sp³-hybridized carbons (Fsp3) is 0.453. The number of likely N-dealkylation sites (N-methyl/N-ethyl adjacent to an activating group) is 1. The van der Waals surface area contributed by atoms with E-state index < -0.39 is 126 Å². The summed E-state index contributed by atoms with van der Waals surface area (Å²) in [6.45, 7) is 14.7. The van der Waals surface area contributed by atoms with Crippen LogP contribution >= 0.6 is 0 Å². The van der Waals surface area contributed by atoms with E-state index in [0.717, 1.165) is 16.0 Å². The molecule has 0 unspecified atom stereocenters. The summed E-state index contributed by atoms with van der Waals surface area (Å²) in [5.41, 5.74) is 2.67. The molecule has 0 spiro atoms. The molecule has 20 nitrogen and oxygen atoms in total. The van der Waals surface area contributed by atoms with E-state index >= 15 is 0 Å². The number of allylic oxidation sites excluding steroid dienone is 2. The number of methoxy groups -OCH3 is 1. The zero-order valence-corrected chi connectivity index (χ0v) is 42.8. The number of carbonyl (C=O) groups excluding carboxylic acids is 7. The molecular weight excluding hydrogens is 941 g/mol. The average Bonchev–Trinajstić information content (AvgIpc) is 3.76. The Morgan fingerprint density at radius 3 is 2.07 bits per heavy atom. The SMILES string of the molecule is C=C1C(=O)N[C@H](C)C(=O)N[C@@H](Cc2c[nH]c3ccccc23)C(=O)N[C@@H](C(=O)O)[C@H](C)C(=O)N[C@@H](C(C)C)C(=O)N[C@@H](/C=C/C(C)=C/[C@H](C)[C@H](Cc2ccccc2)OC)[C@H](C)C(=O)N[C@@H](C(=O)O)CCC(=O)N1C. The van der Waals surface area contributed by atoms with Gasteiger partial charge in [-0.3, -0.25) is 33.6 Å². The summed E-state index contributed by atoms with van der Waals surface area (Å²) >= 11 is 0. The first kappa shape index (κ1) is 58.0. The van der Waals surface area contributed by atoms with Crippen LogP contribution in [0.2, 0.25) is 0 Å². The molecule has 9 N–H and O–H groups in total. The molecule has 7 amide bonds. The smallest absolute Gasteiger partial charge is 0.327 e. The second kappa shape index (κ2) is 26.7. The van der Waals surface area contributed by atoms with Crippen LogP contribution in [0.15, 0.2) is 96.9 Å². The van der Waals surface area contributed by atoms with E-state index in [1.165, 1.54) is 27.8 Å². The Labute approximate surface area is 425 Å². The second-order valence-corrected chi connectivity index (χ2v) is 18.9. The van der Waals surface area contributed by atoms with Gasteiger partial charge in [0.1, 0.15) is 35.9 Å². The van der Waals surface area contributed by atoms with Crippen LogP contribution in [-0.4, -0.2) is 130 Å². The standard InChI is InChI=1S/C53H70N8O12/c1-28(2)44-51(68)56-38(21-20-29(3)24-30(4)42(73-10)25-35-16-12-11-13-17-35)31(5)46(63)57-40(52(69)70)22-23-43(62)61(9)34(8)49(66)55-33(7)48(65)58-41(26-36-27-54-39-19-15-14-18-37(36)39)50(67)60-45(53(71)72)32(6)47(64)59-44/h11-21,24,27-28,30-33,38,40-42,44-45,54H,8,22-23,25-26H2,1-7,9-10H3,(H,55,66)(H,56,68)(H,57,63)(H,58,65)(H,59,64)(H,60,67)(H,69,70)(H,71,72)/b21-20+,29-24+/t30-,31-,32-,33+,38-,40+,41-,42-,44-,45+/m0/s1. The molecule has 0 saturated carbocycles. The van der Waals surface area contributed by atoms with Crippen molar-refractivity contribution in [2.75, 3.05) is 14.2 Å².